The van der Waals surface area contributed by atoms with Gasteiger partial charge in [0.2, 0.25) is 0 Å². The summed E-state index contributed by atoms with van der Waals surface area (Å²) in [4.78, 5) is 10.7. The highest BCUT2D eigenvalue weighted by Crippen LogP contribution is 2.60. The van der Waals surface area contributed by atoms with Crippen LogP contribution in [-0.4, -0.2) is 23.3 Å². The summed E-state index contributed by atoms with van der Waals surface area (Å²) in [5.74, 6) is 0.483. The average Bonchev–Trinajstić information content (AvgIpc) is 2.57. The molecule has 1 N–H and O–H groups in total. The van der Waals surface area contributed by atoms with Gasteiger partial charge >= 0.3 is 5.97 Å². The molecule has 2 saturated heterocycles. The molecule has 2 aliphatic heterocycles. The fraction of sp³-hybridized carbons (Fsp3) is 0.875. The first kappa shape index (κ1) is 6.00. The van der Waals surface area contributed by atoms with E-state index >= 15 is 0 Å². The highest BCUT2D eigenvalue weighted by Gasteiger charge is 2.64. The smallest absolute Gasteiger partial charge is 0.309 e. The van der Waals surface area contributed by atoms with Crippen LogP contribution in [0.2, 0.25) is 0 Å². The van der Waals surface area contributed by atoms with Gasteiger partial charge in [-0.2, -0.15) is 0 Å². The molecule has 0 aromatic rings. The van der Waals surface area contributed by atoms with E-state index < -0.39 is 5.97 Å². The number of rotatable bonds is 1. The average molecular weight is 154 g/mol. The summed E-state index contributed by atoms with van der Waals surface area (Å²) in [7, 11) is 0. The van der Waals surface area contributed by atoms with Crippen molar-refractivity contribution in [2.45, 2.75) is 25.0 Å². The second kappa shape index (κ2) is 1.61. The van der Waals surface area contributed by atoms with E-state index in [0.29, 0.717) is 12.0 Å². The molecular weight excluding hydrogens is 144 g/mol. The van der Waals surface area contributed by atoms with E-state index in [1.54, 1.807) is 0 Å². The largest absolute Gasteiger partial charge is 0.481 e. The maximum Gasteiger partial charge on any atom is 0.309 e. The minimum Gasteiger partial charge on any atom is -0.481 e. The molecule has 2 heterocycles. The van der Waals surface area contributed by atoms with Gasteiger partial charge in [-0.3, -0.25) is 4.79 Å². The Bertz CT molecular complexity index is 225. The van der Waals surface area contributed by atoms with Crippen LogP contribution in [0.15, 0.2) is 0 Å². The van der Waals surface area contributed by atoms with Gasteiger partial charge in [-0.1, -0.05) is 0 Å². The van der Waals surface area contributed by atoms with Gasteiger partial charge in [-0.25, -0.2) is 0 Å². The van der Waals surface area contributed by atoms with Gasteiger partial charge in [-0.15, -0.1) is 0 Å². The zero-order chi connectivity index (χ0) is 7.59. The Balaban J connectivity index is 1.87. The summed E-state index contributed by atoms with van der Waals surface area (Å²) in [6, 6.07) is 0. The zero-order valence-electron chi connectivity index (χ0n) is 6.06. The van der Waals surface area contributed by atoms with Crippen molar-refractivity contribution in [2.75, 3.05) is 0 Å². The third kappa shape index (κ3) is 0.601. The summed E-state index contributed by atoms with van der Waals surface area (Å²) in [5.41, 5.74) is 0. The topological polar surface area (TPSA) is 46.5 Å². The fourth-order valence-corrected chi connectivity index (χ4v) is 2.69. The van der Waals surface area contributed by atoms with Crippen LogP contribution in [0.4, 0.5) is 0 Å². The van der Waals surface area contributed by atoms with Crippen LogP contribution in [-0.2, 0) is 9.53 Å². The summed E-state index contributed by atoms with van der Waals surface area (Å²) in [5, 5.41) is 8.79. The maximum atomic E-state index is 10.7. The molecule has 60 valence electrons. The van der Waals surface area contributed by atoms with Gasteiger partial charge in [0.05, 0.1) is 18.1 Å². The van der Waals surface area contributed by atoms with Crippen molar-refractivity contribution in [3.8, 4) is 0 Å². The van der Waals surface area contributed by atoms with Gasteiger partial charge < -0.3 is 9.84 Å². The predicted molar refractivity (Wildman–Crippen MR) is 36.0 cm³/mol. The lowest BCUT2D eigenvalue weighted by atomic mass is 9.89. The Hall–Kier alpha value is -0.570. The zero-order valence-corrected chi connectivity index (χ0v) is 6.06. The maximum absolute atomic E-state index is 10.7. The fourth-order valence-electron chi connectivity index (χ4n) is 2.69. The second-order valence-corrected chi connectivity index (χ2v) is 3.88. The lowest BCUT2D eigenvalue weighted by Gasteiger charge is -2.12. The first-order chi connectivity index (χ1) is 5.27. The van der Waals surface area contributed by atoms with Crippen LogP contribution in [0.5, 0.6) is 0 Å². The van der Waals surface area contributed by atoms with Crippen LogP contribution in [0.25, 0.3) is 0 Å². The van der Waals surface area contributed by atoms with Crippen molar-refractivity contribution in [1.82, 2.24) is 0 Å². The van der Waals surface area contributed by atoms with Crippen LogP contribution in [0, 0.1) is 17.8 Å². The molecule has 3 heteroatoms. The SMILES string of the molecule is O=C(O)[C@@H]1C[C@H]2O[C@H]1[C@H]1C[C@@H]12. The number of carbonyl (C=O) groups is 1. The highest BCUT2D eigenvalue weighted by atomic mass is 16.5. The summed E-state index contributed by atoms with van der Waals surface area (Å²) in [6.45, 7) is 0. The predicted octanol–water partition coefficient (Wildman–Crippen LogP) is 0.494. The number of hydrogen-bond donors (Lipinski definition) is 1. The molecule has 1 saturated carbocycles. The molecule has 0 radical (unpaired) electrons. The molecule has 0 aromatic carbocycles. The van der Waals surface area contributed by atoms with E-state index in [0.717, 1.165) is 12.3 Å². The van der Waals surface area contributed by atoms with E-state index in [1.807, 2.05) is 0 Å². The van der Waals surface area contributed by atoms with Crippen molar-refractivity contribution < 1.29 is 14.6 Å². The molecule has 0 spiro atoms. The molecular formula is C8H10O3. The lowest BCUT2D eigenvalue weighted by molar-refractivity contribution is -0.143. The Morgan fingerprint density at radius 2 is 2.18 bits per heavy atom. The Morgan fingerprint density at radius 3 is 2.73 bits per heavy atom. The number of hydrogen-bond acceptors (Lipinski definition) is 2. The molecule has 3 fully saturated rings. The third-order valence-electron chi connectivity index (χ3n) is 3.32. The number of ether oxygens (including phenoxy) is 1. The van der Waals surface area contributed by atoms with Crippen LogP contribution < -0.4 is 0 Å². The molecule has 3 rings (SSSR count). The normalized spacial score (nSPS) is 57.6. The summed E-state index contributed by atoms with van der Waals surface area (Å²) >= 11 is 0. The van der Waals surface area contributed by atoms with Gasteiger partial charge in [0.25, 0.3) is 0 Å². The molecule has 0 unspecified atom stereocenters. The van der Waals surface area contributed by atoms with Crippen molar-refractivity contribution in [1.29, 1.82) is 0 Å². The first-order valence-corrected chi connectivity index (χ1v) is 4.15. The Labute approximate surface area is 64.3 Å². The standard InChI is InChI=1S/C8H10O3/c9-8(10)5-2-6-3-1-4(3)7(5)11-6/h3-7H,1-2H2,(H,9,10)/t3-,4-,5+,6+,7-/m0/s1. The third-order valence-corrected chi connectivity index (χ3v) is 3.32. The minimum absolute atomic E-state index is 0.0718. The van der Waals surface area contributed by atoms with Crippen molar-refractivity contribution >= 4 is 5.97 Å². The lowest BCUT2D eigenvalue weighted by Crippen LogP contribution is -2.26. The summed E-state index contributed by atoms with van der Waals surface area (Å²) < 4.78 is 5.53. The molecule has 2 bridgehead atoms. The number of aliphatic carboxylic acids is 1. The Morgan fingerprint density at radius 1 is 1.36 bits per heavy atom. The Kier molecular flexibility index (Phi) is 0.876. The van der Waals surface area contributed by atoms with Gasteiger partial charge in [-0.05, 0) is 24.7 Å². The van der Waals surface area contributed by atoms with Crippen molar-refractivity contribution in [2.24, 2.45) is 17.8 Å². The van der Waals surface area contributed by atoms with Crippen molar-refractivity contribution in [3.63, 3.8) is 0 Å². The molecule has 11 heavy (non-hydrogen) atoms. The number of carboxylic acid groups (broad SMARTS) is 1. The van der Waals surface area contributed by atoms with Crippen molar-refractivity contribution in [3.05, 3.63) is 0 Å². The first-order valence-electron chi connectivity index (χ1n) is 4.15. The summed E-state index contributed by atoms with van der Waals surface area (Å²) in [6.07, 6.45) is 2.36. The van der Waals surface area contributed by atoms with Gasteiger partial charge in [0, 0.05) is 0 Å². The molecule has 3 nitrogen and oxygen atoms in total. The van der Waals surface area contributed by atoms with E-state index in [1.165, 1.54) is 6.42 Å². The molecule has 3 aliphatic rings. The van der Waals surface area contributed by atoms with Crippen LogP contribution in [0.1, 0.15) is 12.8 Å². The molecule has 5 atom stereocenters. The second-order valence-electron chi connectivity index (χ2n) is 3.88. The quantitative estimate of drug-likeness (QED) is 0.598. The van der Waals surface area contributed by atoms with E-state index in [-0.39, 0.29) is 12.0 Å². The van der Waals surface area contributed by atoms with Crippen LogP contribution in [0.3, 0.4) is 0 Å². The minimum atomic E-state index is -0.664. The molecule has 0 amide bonds. The number of fused-ring (bicyclic) bond motifs is 5. The van der Waals surface area contributed by atoms with Gasteiger partial charge in [0.1, 0.15) is 0 Å². The van der Waals surface area contributed by atoms with Crippen LogP contribution >= 0.6 is 0 Å². The van der Waals surface area contributed by atoms with E-state index in [4.69, 9.17) is 9.84 Å². The molecule has 1 aliphatic carbocycles. The monoisotopic (exact) mass is 154 g/mol. The van der Waals surface area contributed by atoms with Gasteiger partial charge in [0.15, 0.2) is 0 Å². The van der Waals surface area contributed by atoms with E-state index in [2.05, 4.69) is 0 Å². The number of carboxylic acids is 1. The molecule has 0 aromatic heterocycles. The van der Waals surface area contributed by atoms with E-state index in [9.17, 15) is 4.79 Å². The highest BCUT2D eigenvalue weighted by molar-refractivity contribution is 5.71.